The van der Waals surface area contributed by atoms with Crippen molar-refractivity contribution in [3.63, 3.8) is 0 Å². The Balaban J connectivity index is 1.61. The van der Waals surface area contributed by atoms with Crippen LogP contribution in [0.4, 0.5) is 21.9 Å². The number of carbonyl (C=O) groups excluding carboxylic acids is 1. The number of nitrogens with one attached hydrogen (secondary N) is 2. The highest BCUT2D eigenvalue weighted by molar-refractivity contribution is 7.80. The van der Waals surface area contributed by atoms with Gasteiger partial charge < -0.3 is 38.9 Å². The minimum absolute atomic E-state index is 0.191. The molecule has 0 aliphatic rings. The third kappa shape index (κ3) is 5.60. The Morgan fingerprint density at radius 3 is 2.10 bits per heavy atom. The first-order valence-corrected chi connectivity index (χ1v) is 13.1. The predicted molar refractivity (Wildman–Crippen MR) is 150 cm³/mol. The predicted octanol–water partition coefficient (Wildman–Crippen LogP) is 4.97. The first kappa shape index (κ1) is 28.5. The lowest BCUT2D eigenvalue weighted by molar-refractivity contribution is -0.139. The van der Waals surface area contributed by atoms with Crippen molar-refractivity contribution < 1.29 is 42.1 Å². The minimum Gasteiger partial charge on any atom is -0.755 e. The third-order valence-corrected chi connectivity index (χ3v) is 6.95. The van der Waals surface area contributed by atoms with Gasteiger partial charge in [0.05, 0.1) is 32.7 Å². The number of furan rings is 1. The van der Waals surface area contributed by atoms with Crippen molar-refractivity contribution in [3.05, 3.63) is 48.5 Å². The van der Waals surface area contributed by atoms with Crippen molar-refractivity contribution in [2.45, 2.75) is 19.9 Å². The number of aliphatic carboxylic acids is 1. The first-order chi connectivity index (χ1) is 19.1. The van der Waals surface area contributed by atoms with Crippen LogP contribution in [0.3, 0.4) is 0 Å². The lowest BCUT2D eigenvalue weighted by atomic mass is 10.0. The number of hydrogen-bond acceptors (Lipinski definition) is 8. The smallest absolute Gasteiger partial charge is 0.327 e. The summed E-state index contributed by atoms with van der Waals surface area (Å²) in [5.41, 5.74) is 1.93. The van der Waals surface area contributed by atoms with Crippen molar-refractivity contribution in [2.75, 3.05) is 36.3 Å². The number of carboxylic acids is 1. The third-order valence-electron chi connectivity index (χ3n) is 6.19. The van der Waals surface area contributed by atoms with Gasteiger partial charge in [0.15, 0.2) is 11.5 Å². The second-order valence-electron chi connectivity index (χ2n) is 9.06. The van der Waals surface area contributed by atoms with Gasteiger partial charge in [-0.05, 0) is 36.2 Å². The molecule has 40 heavy (non-hydrogen) atoms. The molecule has 0 saturated heterocycles. The second-order valence-corrected chi connectivity index (χ2v) is 9.88. The fourth-order valence-electron chi connectivity index (χ4n) is 4.42. The van der Waals surface area contributed by atoms with E-state index in [1.54, 1.807) is 56.3 Å². The maximum absolute atomic E-state index is 12.7. The fourth-order valence-corrected chi connectivity index (χ4v) is 5.23. The summed E-state index contributed by atoms with van der Waals surface area (Å²) < 4.78 is 46.8. The molecule has 3 aromatic carbocycles. The molecule has 0 aliphatic carbocycles. The van der Waals surface area contributed by atoms with E-state index in [0.717, 1.165) is 4.31 Å². The van der Waals surface area contributed by atoms with E-state index >= 15 is 0 Å². The zero-order chi connectivity index (χ0) is 29.1. The normalized spacial score (nSPS) is 12.7. The fraction of sp³-hybridized carbons (Fsp3) is 0.259. The summed E-state index contributed by atoms with van der Waals surface area (Å²) >= 11 is -2.83. The van der Waals surface area contributed by atoms with Gasteiger partial charge in [0.25, 0.3) is 0 Å². The van der Waals surface area contributed by atoms with Gasteiger partial charge in [0.2, 0.25) is 5.75 Å². The molecule has 1 aromatic heterocycles. The quantitative estimate of drug-likeness (QED) is 0.224. The number of anilines is 3. The van der Waals surface area contributed by atoms with Gasteiger partial charge in [-0.3, -0.25) is 8.51 Å². The lowest BCUT2D eigenvalue weighted by Crippen LogP contribution is -2.45. The summed E-state index contributed by atoms with van der Waals surface area (Å²) in [4.78, 5) is 24.6. The molecular weight excluding hydrogens is 542 g/mol. The summed E-state index contributed by atoms with van der Waals surface area (Å²) in [6.07, 6.45) is 0. The number of benzene rings is 3. The van der Waals surface area contributed by atoms with Crippen molar-refractivity contribution >= 4 is 62.3 Å². The van der Waals surface area contributed by atoms with Gasteiger partial charge >= 0.3 is 12.0 Å². The number of carboxylic acid groups (broad SMARTS) is 1. The van der Waals surface area contributed by atoms with Crippen LogP contribution in [0.15, 0.2) is 52.9 Å². The van der Waals surface area contributed by atoms with E-state index in [4.69, 9.17) is 18.6 Å². The van der Waals surface area contributed by atoms with E-state index < -0.39 is 35.2 Å². The first-order valence-electron chi connectivity index (χ1n) is 12.0. The lowest BCUT2D eigenvalue weighted by Gasteiger charge is -2.34. The second kappa shape index (κ2) is 11.7. The van der Waals surface area contributed by atoms with Crippen molar-refractivity contribution in [2.24, 2.45) is 5.92 Å². The molecular formula is C27H28N3O9S-. The molecule has 2 unspecified atom stereocenters. The zero-order valence-electron chi connectivity index (χ0n) is 22.3. The molecule has 2 atom stereocenters. The number of methoxy groups -OCH3 is 3. The van der Waals surface area contributed by atoms with Crippen molar-refractivity contribution in [1.29, 1.82) is 0 Å². The van der Waals surface area contributed by atoms with Gasteiger partial charge in [-0.1, -0.05) is 13.8 Å². The summed E-state index contributed by atoms with van der Waals surface area (Å²) in [5.74, 6) is -0.587. The summed E-state index contributed by atoms with van der Waals surface area (Å²) in [6.45, 7) is 3.27. The number of ether oxygens (including phenoxy) is 3. The van der Waals surface area contributed by atoms with Gasteiger partial charge in [-0.2, -0.15) is 0 Å². The average Bonchev–Trinajstić information content (AvgIpc) is 3.27. The highest BCUT2D eigenvalue weighted by Gasteiger charge is 2.30. The molecule has 12 nitrogen and oxygen atoms in total. The number of hydrogen-bond donors (Lipinski definition) is 3. The topological polar surface area (TPSA) is 163 Å². The summed E-state index contributed by atoms with van der Waals surface area (Å²) in [6, 6.07) is 11.0. The van der Waals surface area contributed by atoms with Crippen LogP contribution in [0.2, 0.25) is 0 Å². The zero-order valence-corrected chi connectivity index (χ0v) is 23.2. The van der Waals surface area contributed by atoms with Gasteiger partial charge in [-0.25, -0.2) is 9.59 Å². The monoisotopic (exact) mass is 570 g/mol. The Hall–Kier alpha value is -4.49. The van der Waals surface area contributed by atoms with Crippen LogP contribution in [0.1, 0.15) is 13.8 Å². The van der Waals surface area contributed by atoms with Gasteiger partial charge in [0.1, 0.15) is 17.2 Å². The SMILES string of the molecule is COc1cc(NC(=O)Nc2ccc3c(c2)oc2ccc(N(C(C(=O)O)C(C)C)S(=O)[O-])cc23)cc(OC)c1OC. The number of nitrogens with zero attached hydrogens (tertiary/aromatic N) is 1. The molecule has 4 rings (SSSR count). The number of urea groups is 1. The van der Waals surface area contributed by atoms with Crippen LogP contribution < -0.4 is 29.1 Å². The van der Waals surface area contributed by atoms with Crippen LogP contribution in [-0.2, 0) is 16.1 Å². The van der Waals surface area contributed by atoms with Crippen molar-refractivity contribution in [1.82, 2.24) is 0 Å². The summed E-state index contributed by atoms with van der Waals surface area (Å²) in [7, 11) is 4.42. The maximum atomic E-state index is 12.7. The Bertz CT molecular complexity index is 1580. The average molecular weight is 571 g/mol. The van der Waals surface area contributed by atoms with E-state index in [0.29, 0.717) is 50.6 Å². The van der Waals surface area contributed by atoms with Gasteiger partial charge in [0, 0.05) is 45.9 Å². The Labute approximate surface area is 232 Å². The Kier molecular flexibility index (Phi) is 8.35. The molecule has 1 heterocycles. The largest absolute Gasteiger partial charge is 0.755 e. The van der Waals surface area contributed by atoms with E-state index in [1.807, 2.05) is 0 Å². The number of carbonyl (C=O) groups is 2. The minimum atomic E-state index is -2.83. The molecule has 0 saturated carbocycles. The molecule has 3 N–H and O–H groups in total. The Morgan fingerprint density at radius 2 is 1.55 bits per heavy atom. The van der Waals surface area contributed by atoms with Crippen LogP contribution in [0.25, 0.3) is 21.9 Å². The highest BCUT2D eigenvalue weighted by Crippen LogP contribution is 2.40. The molecule has 0 fully saturated rings. The van der Waals surface area contributed by atoms with E-state index in [9.17, 15) is 23.5 Å². The van der Waals surface area contributed by atoms with Crippen LogP contribution in [0.5, 0.6) is 17.2 Å². The van der Waals surface area contributed by atoms with Crippen LogP contribution in [0, 0.1) is 5.92 Å². The number of amides is 2. The molecule has 0 bridgehead atoms. The Morgan fingerprint density at radius 1 is 0.900 bits per heavy atom. The van der Waals surface area contributed by atoms with Gasteiger partial charge in [-0.15, -0.1) is 0 Å². The standard InChI is InChI=1S/C27H29N3O9S/c1-14(2)24(26(31)32)30(40(34)35)17-7-9-20-19(13-17)18-8-6-15(10-21(18)39-20)28-27(33)29-16-11-22(36-3)25(38-5)23(12-16)37-4/h6-14,24H,1-5H3,(H,31,32)(H,34,35)(H2,28,29,33)/p-1. The van der Waals surface area contributed by atoms with Crippen LogP contribution in [-0.4, -0.2) is 53.2 Å². The van der Waals surface area contributed by atoms with E-state index in [-0.39, 0.29) is 5.69 Å². The molecule has 13 heteroatoms. The van der Waals surface area contributed by atoms with E-state index in [2.05, 4.69) is 10.6 Å². The number of rotatable bonds is 10. The maximum Gasteiger partial charge on any atom is 0.327 e. The molecule has 212 valence electrons. The molecule has 0 radical (unpaired) electrons. The molecule has 4 aromatic rings. The van der Waals surface area contributed by atoms with Crippen molar-refractivity contribution in [3.8, 4) is 17.2 Å². The van der Waals surface area contributed by atoms with Crippen LogP contribution >= 0.6 is 0 Å². The highest BCUT2D eigenvalue weighted by atomic mass is 32.2. The number of fused-ring (bicyclic) bond motifs is 3. The molecule has 0 aliphatic heterocycles. The van der Waals surface area contributed by atoms with E-state index in [1.165, 1.54) is 27.4 Å². The molecule has 0 spiro atoms. The summed E-state index contributed by atoms with van der Waals surface area (Å²) in [5, 5.41) is 16.3. The molecule has 2 amide bonds.